The number of aliphatic hydroxyl groups excluding tert-OH is 2. The molecule has 4 aliphatic rings. The normalized spacial score (nSPS) is 37.7. The Hall–Kier alpha value is 0.800. The van der Waals surface area contributed by atoms with Crippen molar-refractivity contribution in [2.24, 2.45) is 11.8 Å². The Morgan fingerprint density at radius 3 is 1.25 bits per heavy atom. The van der Waals surface area contributed by atoms with Gasteiger partial charge in [0.2, 0.25) is 0 Å². The van der Waals surface area contributed by atoms with Gasteiger partial charge in [-0.25, -0.2) is 0 Å². The molecule has 4 fully saturated rings. The Morgan fingerprint density at radius 2 is 0.875 bits per heavy atom. The quantitative estimate of drug-likeness (QED) is 0.197. The summed E-state index contributed by atoms with van der Waals surface area (Å²) in [4.78, 5) is 0. The van der Waals surface area contributed by atoms with Crippen LogP contribution in [0.4, 0.5) is 0 Å². The highest BCUT2D eigenvalue weighted by Gasteiger charge is 2.51. The minimum absolute atomic E-state index is 0. The maximum Gasteiger partial charge on any atom is 0.0945 e. The average Bonchev–Trinajstić information content (AvgIpc) is 3.49. The first-order valence-electron chi connectivity index (χ1n) is 13.7. The van der Waals surface area contributed by atoms with E-state index in [1.165, 1.54) is 138 Å². The number of hydrogen-bond donors (Lipinski definition) is 2. The first-order valence-corrected chi connectivity index (χ1v) is 13.7. The van der Waals surface area contributed by atoms with Crippen molar-refractivity contribution in [3.05, 3.63) is 0 Å². The Balaban J connectivity index is 0.00000181. The first-order chi connectivity index (χ1) is 14.7. The molecule has 0 aromatic carbocycles. The molecule has 0 bridgehead atoms. The van der Waals surface area contributed by atoms with Crippen LogP contribution < -0.4 is 34.0 Å². The summed E-state index contributed by atoms with van der Waals surface area (Å²) in [5.41, 5.74) is 0. The van der Waals surface area contributed by atoms with E-state index in [0.29, 0.717) is 25.0 Å². The van der Waals surface area contributed by atoms with E-state index in [2.05, 4.69) is 0 Å². The second-order valence-electron chi connectivity index (χ2n) is 11.5. The zero-order valence-corrected chi connectivity index (χ0v) is 23.6. The third-order valence-corrected chi connectivity index (χ3v) is 10.0. The molecule has 6 heteroatoms. The Labute approximate surface area is 218 Å². The molecule has 0 aromatic heterocycles. The van der Waals surface area contributed by atoms with Crippen molar-refractivity contribution >= 4 is 0 Å². The number of quaternary nitrogens is 2. The molecule has 2 N–H and O–H groups in total. The van der Waals surface area contributed by atoms with Crippen molar-refractivity contribution in [3.63, 3.8) is 0 Å². The summed E-state index contributed by atoms with van der Waals surface area (Å²) in [6, 6.07) is 1.58. The summed E-state index contributed by atoms with van der Waals surface area (Å²) < 4.78 is 2.73. The largest absolute Gasteiger partial charge is 1.00 e. The van der Waals surface area contributed by atoms with Crippen LogP contribution >= 0.6 is 0 Å². The molecule has 4 saturated heterocycles. The number of hydrogen-bond acceptors (Lipinski definition) is 2. The number of unbranched alkanes of at least 4 members (excludes halogenated alkanes) is 7. The molecule has 4 heterocycles. The van der Waals surface area contributed by atoms with Gasteiger partial charge >= 0.3 is 0 Å². The lowest BCUT2D eigenvalue weighted by Crippen LogP contribution is -3.00. The van der Waals surface area contributed by atoms with Gasteiger partial charge in [-0.2, -0.15) is 0 Å². The molecule has 4 rings (SSSR count). The molecular weight excluding hydrogens is 532 g/mol. The van der Waals surface area contributed by atoms with Gasteiger partial charge in [-0.1, -0.05) is 25.7 Å². The molecule has 0 aliphatic carbocycles. The second kappa shape index (κ2) is 13.8. The fourth-order valence-corrected chi connectivity index (χ4v) is 8.38. The van der Waals surface area contributed by atoms with Gasteiger partial charge in [0, 0.05) is 50.4 Å². The van der Waals surface area contributed by atoms with Crippen LogP contribution in [0.3, 0.4) is 0 Å². The smallest absolute Gasteiger partial charge is 0.0945 e. The maximum atomic E-state index is 9.67. The summed E-state index contributed by atoms with van der Waals surface area (Å²) in [5, 5.41) is 19.3. The summed E-state index contributed by atoms with van der Waals surface area (Å²) in [7, 11) is 0. The van der Waals surface area contributed by atoms with Crippen molar-refractivity contribution in [2.45, 2.75) is 102 Å². The van der Waals surface area contributed by atoms with Crippen LogP contribution in [0.5, 0.6) is 0 Å². The Kier molecular flexibility index (Phi) is 12.5. The van der Waals surface area contributed by atoms with Crippen molar-refractivity contribution in [2.75, 3.05) is 52.5 Å². The van der Waals surface area contributed by atoms with E-state index in [1.54, 1.807) is 0 Å². The molecule has 0 spiro atoms. The van der Waals surface area contributed by atoms with E-state index in [0.717, 1.165) is 12.1 Å². The molecule has 0 saturated carbocycles. The molecule has 0 aromatic rings. The molecule has 2 unspecified atom stereocenters. The Bertz CT molecular complexity index is 494. The van der Waals surface area contributed by atoms with Crippen LogP contribution in [0.2, 0.25) is 0 Å². The second-order valence-corrected chi connectivity index (χ2v) is 11.5. The van der Waals surface area contributed by atoms with Gasteiger partial charge in [0.05, 0.1) is 64.6 Å². The van der Waals surface area contributed by atoms with Crippen molar-refractivity contribution < 1.29 is 53.1 Å². The maximum absolute atomic E-state index is 9.67. The van der Waals surface area contributed by atoms with Crippen molar-refractivity contribution in [1.29, 1.82) is 0 Å². The van der Waals surface area contributed by atoms with Gasteiger partial charge in [-0.15, -0.1) is 0 Å². The average molecular weight is 583 g/mol. The van der Waals surface area contributed by atoms with Crippen LogP contribution in [0.25, 0.3) is 0 Å². The van der Waals surface area contributed by atoms with Crippen LogP contribution in [0.1, 0.15) is 89.9 Å². The predicted octanol–water partition coefficient (Wildman–Crippen LogP) is -1.90. The highest BCUT2D eigenvalue weighted by atomic mass is 79.9. The van der Waals surface area contributed by atoms with Gasteiger partial charge in [0.25, 0.3) is 0 Å². The first kappa shape index (κ1) is 29.0. The molecule has 0 amide bonds. The van der Waals surface area contributed by atoms with Crippen LogP contribution in [0, 0.1) is 11.8 Å². The number of fused-ring (bicyclic) bond motifs is 2. The molecule has 6 atom stereocenters. The zero-order valence-electron chi connectivity index (χ0n) is 20.4. The summed E-state index contributed by atoms with van der Waals surface area (Å²) in [5.74, 6) is 1.20. The number of rotatable bonds is 13. The van der Waals surface area contributed by atoms with Crippen LogP contribution in [-0.2, 0) is 0 Å². The van der Waals surface area contributed by atoms with Crippen LogP contribution in [0.15, 0.2) is 0 Å². The molecule has 4 aliphatic heterocycles. The predicted molar refractivity (Wildman–Crippen MR) is 123 cm³/mol. The van der Waals surface area contributed by atoms with Gasteiger partial charge in [0.15, 0.2) is 0 Å². The van der Waals surface area contributed by atoms with Gasteiger partial charge in [0.1, 0.15) is 0 Å². The highest BCUT2D eigenvalue weighted by molar-refractivity contribution is 4.83. The lowest BCUT2D eigenvalue weighted by molar-refractivity contribution is -0.929. The zero-order chi connectivity index (χ0) is 20.9. The monoisotopic (exact) mass is 580 g/mol. The van der Waals surface area contributed by atoms with E-state index < -0.39 is 0 Å². The standard InChI is InChI=1S/C26H50N2O2.2BrH/c29-21-23-13-19-27(17-9-11-25(23)27)15-7-5-3-1-2-4-6-8-16-28-18-10-12-26(28)24(22-30)14-20-28;;/h23-26,29-30H,1-22H2;2*1H/q+2;;/p-2/t23-,24-,25-,26-,27?,28?;;/m0../s1. The van der Waals surface area contributed by atoms with E-state index >= 15 is 0 Å². The molecular formula is C26H50Br2N2O2. The number of halogens is 2. The Morgan fingerprint density at radius 1 is 0.500 bits per heavy atom. The van der Waals surface area contributed by atoms with E-state index in [1.807, 2.05) is 0 Å². The van der Waals surface area contributed by atoms with E-state index in [4.69, 9.17) is 0 Å². The van der Waals surface area contributed by atoms with Crippen molar-refractivity contribution in [1.82, 2.24) is 0 Å². The van der Waals surface area contributed by atoms with Gasteiger partial charge < -0.3 is 53.1 Å². The number of nitrogens with zero attached hydrogens (tertiary/aromatic N) is 2. The third-order valence-electron chi connectivity index (χ3n) is 10.0. The molecule has 190 valence electrons. The fourth-order valence-electron chi connectivity index (χ4n) is 8.38. The van der Waals surface area contributed by atoms with Crippen LogP contribution in [-0.4, -0.2) is 83.7 Å². The fraction of sp³-hybridized carbons (Fsp3) is 1.00. The molecule has 4 nitrogen and oxygen atoms in total. The van der Waals surface area contributed by atoms with Gasteiger partial charge in [-0.3, -0.25) is 0 Å². The summed E-state index contributed by atoms with van der Waals surface area (Å²) in [6.07, 6.45) is 19.4. The van der Waals surface area contributed by atoms with Crippen molar-refractivity contribution in [3.8, 4) is 0 Å². The molecule has 32 heavy (non-hydrogen) atoms. The van der Waals surface area contributed by atoms with E-state index in [9.17, 15) is 10.2 Å². The minimum Gasteiger partial charge on any atom is -1.00 e. The highest BCUT2D eigenvalue weighted by Crippen LogP contribution is 2.41. The summed E-state index contributed by atoms with van der Waals surface area (Å²) in [6.45, 7) is 9.09. The third kappa shape index (κ3) is 6.32. The minimum atomic E-state index is 0. The lowest BCUT2D eigenvalue weighted by Gasteiger charge is -2.36. The number of aliphatic hydroxyl groups is 2. The topological polar surface area (TPSA) is 40.5 Å². The van der Waals surface area contributed by atoms with Gasteiger partial charge in [-0.05, 0) is 25.7 Å². The summed E-state index contributed by atoms with van der Waals surface area (Å²) >= 11 is 0. The lowest BCUT2D eigenvalue weighted by atomic mass is 9.99. The van der Waals surface area contributed by atoms with E-state index in [-0.39, 0.29) is 34.0 Å². The SMILES string of the molecule is OC[C@@H]1CC[N+]2(CCCCCCCCCC[N+]34CCC[C@H]3[C@H](CO)CC4)CCC[C@@H]12.[Br-].[Br-]. The molecule has 0 radical (unpaired) electrons.